The molecule has 0 aliphatic carbocycles. The number of nitrogens with one attached hydrogen (secondary N) is 1. The number of rotatable bonds is 4. The van der Waals surface area contributed by atoms with E-state index < -0.39 is 21.9 Å². The van der Waals surface area contributed by atoms with Crippen molar-refractivity contribution in [1.29, 1.82) is 0 Å². The van der Waals surface area contributed by atoms with E-state index in [0.29, 0.717) is 0 Å². The molecule has 0 aliphatic rings. The third-order valence-electron chi connectivity index (χ3n) is 2.83. The maximum absolute atomic E-state index is 13.4. The second-order valence-corrected chi connectivity index (χ2v) is 6.90. The number of hydrogen-bond donors (Lipinski definition) is 1. The average molecular weight is 358 g/mol. The van der Waals surface area contributed by atoms with E-state index in [9.17, 15) is 12.8 Å². The minimum Gasteiger partial charge on any atom is -0.207 e. The van der Waals surface area contributed by atoms with Crippen molar-refractivity contribution < 1.29 is 12.8 Å². The van der Waals surface area contributed by atoms with Gasteiger partial charge in [0, 0.05) is 6.04 Å². The Labute approximate surface area is 126 Å². The number of hydrogen-bond acceptors (Lipinski definition) is 2. The molecule has 0 fully saturated rings. The topological polar surface area (TPSA) is 46.2 Å². The number of halogens is 2. The van der Waals surface area contributed by atoms with Gasteiger partial charge < -0.3 is 0 Å². The van der Waals surface area contributed by atoms with Gasteiger partial charge in [-0.2, -0.15) is 0 Å². The quantitative estimate of drug-likeness (QED) is 0.907. The minimum atomic E-state index is -3.76. The highest BCUT2D eigenvalue weighted by Gasteiger charge is 2.19. The summed E-state index contributed by atoms with van der Waals surface area (Å²) < 4.78 is 40.6. The van der Waals surface area contributed by atoms with Crippen LogP contribution in [0.4, 0.5) is 4.39 Å². The summed E-state index contributed by atoms with van der Waals surface area (Å²) in [5, 5.41) is 0. The second kappa shape index (κ2) is 6.03. The SMILES string of the molecule is C[C@@H](NS(=O)(=O)c1ccc(Br)c(F)c1)c1ccccc1. The van der Waals surface area contributed by atoms with Crippen molar-refractivity contribution in [2.24, 2.45) is 0 Å². The molecule has 0 aromatic heterocycles. The molecule has 0 unspecified atom stereocenters. The van der Waals surface area contributed by atoms with E-state index in [4.69, 9.17) is 0 Å². The summed E-state index contributed by atoms with van der Waals surface area (Å²) in [6, 6.07) is 12.5. The zero-order chi connectivity index (χ0) is 14.8. The molecule has 2 aromatic carbocycles. The highest BCUT2D eigenvalue weighted by atomic mass is 79.9. The molecule has 1 atom stereocenters. The van der Waals surface area contributed by atoms with Gasteiger partial charge in [0.2, 0.25) is 10.0 Å². The Kier molecular flexibility index (Phi) is 4.57. The van der Waals surface area contributed by atoms with E-state index in [0.717, 1.165) is 11.6 Å². The van der Waals surface area contributed by atoms with Gasteiger partial charge in [-0.3, -0.25) is 0 Å². The van der Waals surface area contributed by atoms with E-state index in [-0.39, 0.29) is 9.37 Å². The second-order valence-electron chi connectivity index (χ2n) is 4.33. The molecule has 0 spiro atoms. The molecule has 106 valence electrons. The first-order valence-electron chi connectivity index (χ1n) is 5.92. The zero-order valence-electron chi connectivity index (χ0n) is 10.7. The van der Waals surface area contributed by atoms with Gasteiger partial charge in [-0.15, -0.1) is 0 Å². The number of sulfonamides is 1. The Bertz CT molecular complexity index is 704. The van der Waals surface area contributed by atoms with Gasteiger partial charge in [0.05, 0.1) is 9.37 Å². The fourth-order valence-corrected chi connectivity index (χ4v) is 3.24. The maximum Gasteiger partial charge on any atom is 0.241 e. The van der Waals surface area contributed by atoms with Gasteiger partial charge in [-0.25, -0.2) is 17.5 Å². The van der Waals surface area contributed by atoms with Crippen LogP contribution in [0.3, 0.4) is 0 Å². The predicted octanol–water partition coefficient (Wildman–Crippen LogP) is 3.63. The van der Waals surface area contributed by atoms with Crippen LogP contribution >= 0.6 is 15.9 Å². The smallest absolute Gasteiger partial charge is 0.207 e. The molecule has 6 heteroatoms. The van der Waals surface area contributed by atoms with Gasteiger partial charge in [0.25, 0.3) is 0 Å². The summed E-state index contributed by atoms with van der Waals surface area (Å²) in [5.41, 5.74) is 0.841. The van der Waals surface area contributed by atoms with Crippen LogP contribution in [0.15, 0.2) is 57.9 Å². The number of benzene rings is 2. The van der Waals surface area contributed by atoms with Crippen molar-refractivity contribution >= 4 is 26.0 Å². The molecule has 20 heavy (non-hydrogen) atoms. The lowest BCUT2D eigenvalue weighted by Crippen LogP contribution is -2.27. The standard InChI is InChI=1S/C14H13BrFNO2S/c1-10(11-5-3-2-4-6-11)17-20(18,19)12-7-8-13(15)14(16)9-12/h2-10,17H,1H3/t10-/m1/s1. The summed E-state index contributed by atoms with van der Waals surface area (Å²) in [6.07, 6.45) is 0. The van der Waals surface area contributed by atoms with Gasteiger partial charge in [0.15, 0.2) is 0 Å². The van der Waals surface area contributed by atoms with Gasteiger partial charge >= 0.3 is 0 Å². The zero-order valence-corrected chi connectivity index (χ0v) is 13.1. The first-order valence-corrected chi connectivity index (χ1v) is 8.20. The summed E-state index contributed by atoms with van der Waals surface area (Å²) in [5.74, 6) is -0.611. The largest absolute Gasteiger partial charge is 0.241 e. The molecule has 0 saturated heterocycles. The molecular weight excluding hydrogens is 345 g/mol. The molecule has 2 rings (SSSR count). The molecule has 0 amide bonds. The van der Waals surface area contributed by atoms with Gasteiger partial charge in [-0.1, -0.05) is 30.3 Å². The first kappa shape index (κ1) is 15.2. The van der Waals surface area contributed by atoms with Crippen LogP contribution in [-0.2, 0) is 10.0 Å². The molecule has 0 radical (unpaired) electrons. The van der Waals surface area contributed by atoms with Gasteiger partial charge in [-0.05, 0) is 46.6 Å². The summed E-state index contributed by atoms with van der Waals surface area (Å²) in [6.45, 7) is 1.74. The normalized spacial score (nSPS) is 13.2. The van der Waals surface area contributed by atoms with E-state index in [1.54, 1.807) is 6.92 Å². The highest BCUT2D eigenvalue weighted by Crippen LogP contribution is 2.21. The fraction of sp³-hybridized carbons (Fsp3) is 0.143. The van der Waals surface area contributed by atoms with Crippen molar-refractivity contribution in [3.8, 4) is 0 Å². The van der Waals surface area contributed by atoms with E-state index in [1.165, 1.54) is 12.1 Å². The highest BCUT2D eigenvalue weighted by molar-refractivity contribution is 9.10. The van der Waals surface area contributed by atoms with E-state index >= 15 is 0 Å². The monoisotopic (exact) mass is 357 g/mol. The average Bonchev–Trinajstić information content (AvgIpc) is 2.42. The van der Waals surface area contributed by atoms with Crippen LogP contribution in [0.2, 0.25) is 0 Å². The third-order valence-corrected chi connectivity index (χ3v) is 5.01. The van der Waals surface area contributed by atoms with Crippen LogP contribution < -0.4 is 4.72 Å². The van der Waals surface area contributed by atoms with Crippen molar-refractivity contribution in [1.82, 2.24) is 4.72 Å². The lowest BCUT2D eigenvalue weighted by atomic mass is 10.1. The molecular formula is C14H13BrFNO2S. The molecule has 0 saturated carbocycles. The Morgan fingerprint density at radius 1 is 1.15 bits per heavy atom. The fourth-order valence-electron chi connectivity index (χ4n) is 1.75. The van der Waals surface area contributed by atoms with Crippen molar-refractivity contribution in [2.75, 3.05) is 0 Å². The van der Waals surface area contributed by atoms with Crippen LogP contribution in [0.1, 0.15) is 18.5 Å². The summed E-state index contributed by atoms with van der Waals surface area (Å²) >= 11 is 2.99. The lowest BCUT2D eigenvalue weighted by Gasteiger charge is -2.14. The lowest BCUT2D eigenvalue weighted by molar-refractivity contribution is 0.563. The molecule has 0 heterocycles. The summed E-state index contributed by atoms with van der Waals surface area (Å²) in [7, 11) is -3.76. The molecule has 0 bridgehead atoms. The third kappa shape index (κ3) is 3.45. The van der Waals surface area contributed by atoms with Crippen molar-refractivity contribution in [3.05, 3.63) is 64.4 Å². The van der Waals surface area contributed by atoms with E-state index in [1.807, 2.05) is 30.3 Å². The van der Waals surface area contributed by atoms with Crippen molar-refractivity contribution in [3.63, 3.8) is 0 Å². The summed E-state index contributed by atoms with van der Waals surface area (Å²) in [4.78, 5) is -0.0963. The van der Waals surface area contributed by atoms with E-state index in [2.05, 4.69) is 20.7 Å². The maximum atomic E-state index is 13.4. The van der Waals surface area contributed by atoms with Crippen LogP contribution in [-0.4, -0.2) is 8.42 Å². The van der Waals surface area contributed by atoms with Crippen LogP contribution in [0.5, 0.6) is 0 Å². The molecule has 1 N–H and O–H groups in total. The minimum absolute atomic E-state index is 0.0963. The Morgan fingerprint density at radius 3 is 2.40 bits per heavy atom. The van der Waals surface area contributed by atoms with Crippen LogP contribution in [0.25, 0.3) is 0 Å². The van der Waals surface area contributed by atoms with Gasteiger partial charge in [0.1, 0.15) is 5.82 Å². The Balaban J connectivity index is 2.25. The van der Waals surface area contributed by atoms with Crippen LogP contribution in [0, 0.1) is 5.82 Å². The first-order chi connectivity index (χ1) is 9.40. The van der Waals surface area contributed by atoms with Crippen molar-refractivity contribution in [2.45, 2.75) is 17.9 Å². The molecule has 2 aromatic rings. The molecule has 0 aliphatic heterocycles. The Morgan fingerprint density at radius 2 is 1.80 bits per heavy atom. The molecule has 3 nitrogen and oxygen atoms in total. The Hall–Kier alpha value is -1.24. The predicted molar refractivity (Wildman–Crippen MR) is 79.3 cm³/mol.